The molecule has 0 unspecified atom stereocenters. The summed E-state index contributed by atoms with van der Waals surface area (Å²) in [7, 11) is 1.80. The van der Waals surface area contributed by atoms with E-state index in [4.69, 9.17) is 16.3 Å². The largest absolute Gasteiger partial charge is 0.381 e. The van der Waals surface area contributed by atoms with Gasteiger partial charge in [-0.2, -0.15) is 0 Å². The van der Waals surface area contributed by atoms with Crippen LogP contribution in [-0.2, 0) is 16.6 Å². The molecule has 0 bridgehead atoms. The molecular formula is C21H30ClIN4OS. The number of aryl methyl sites for hydroxylation is 2. The van der Waals surface area contributed by atoms with Gasteiger partial charge in [0.25, 0.3) is 0 Å². The quantitative estimate of drug-likeness (QED) is 0.317. The average Bonchev–Trinajstić information content (AvgIpc) is 3.03. The first-order valence-corrected chi connectivity index (χ1v) is 10.9. The third kappa shape index (κ3) is 6.29. The maximum atomic E-state index is 6.54. The molecule has 1 saturated heterocycles. The molecule has 160 valence electrons. The summed E-state index contributed by atoms with van der Waals surface area (Å²) in [5.74, 6) is 0.808. The molecule has 8 heteroatoms. The molecule has 1 aliphatic rings. The van der Waals surface area contributed by atoms with Crippen molar-refractivity contribution in [1.29, 1.82) is 0 Å². The van der Waals surface area contributed by atoms with Gasteiger partial charge in [-0.25, -0.2) is 4.98 Å². The second kappa shape index (κ2) is 11.5. The number of nitrogens with zero attached hydrogens (tertiary/aromatic N) is 2. The first-order chi connectivity index (χ1) is 13.5. The van der Waals surface area contributed by atoms with Crippen molar-refractivity contribution in [2.75, 3.05) is 33.4 Å². The van der Waals surface area contributed by atoms with Crippen LogP contribution >= 0.6 is 46.9 Å². The number of benzene rings is 1. The highest BCUT2D eigenvalue weighted by molar-refractivity contribution is 14.0. The van der Waals surface area contributed by atoms with Crippen molar-refractivity contribution in [3.8, 4) is 0 Å². The van der Waals surface area contributed by atoms with Crippen LogP contribution in [0.2, 0.25) is 5.02 Å². The van der Waals surface area contributed by atoms with E-state index in [0.29, 0.717) is 0 Å². The summed E-state index contributed by atoms with van der Waals surface area (Å²) in [5.41, 5.74) is 2.28. The van der Waals surface area contributed by atoms with Gasteiger partial charge in [0.05, 0.1) is 10.7 Å². The number of thiazole rings is 1. The van der Waals surface area contributed by atoms with E-state index in [-0.39, 0.29) is 29.4 Å². The Morgan fingerprint density at radius 3 is 2.59 bits per heavy atom. The van der Waals surface area contributed by atoms with Crippen LogP contribution in [0.15, 0.2) is 29.3 Å². The molecule has 0 spiro atoms. The number of rotatable bonds is 6. The van der Waals surface area contributed by atoms with Gasteiger partial charge in [0.1, 0.15) is 0 Å². The molecule has 2 N–H and O–H groups in total. The zero-order chi connectivity index (χ0) is 20.0. The molecule has 0 atom stereocenters. The highest BCUT2D eigenvalue weighted by Gasteiger charge is 2.36. The summed E-state index contributed by atoms with van der Waals surface area (Å²) in [4.78, 5) is 10.3. The fraction of sp³-hybridized carbons (Fsp3) is 0.524. The molecule has 0 saturated carbocycles. The number of ether oxygens (including phenoxy) is 1. The van der Waals surface area contributed by atoms with Gasteiger partial charge < -0.3 is 15.4 Å². The van der Waals surface area contributed by atoms with E-state index >= 15 is 0 Å². The predicted octanol–water partition coefficient (Wildman–Crippen LogP) is 4.49. The summed E-state index contributed by atoms with van der Waals surface area (Å²) in [6, 6.07) is 8.15. The van der Waals surface area contributed by atoms with Crippen molar-refractivity contribution in [3.63, 3.8) is 0 Å². The van der Waals surface area contributed by atoms with Gasteiger partial charge in [-0.15, -0.1) is 35.3 Å². The van der Waals surface area contributed by atoms with Gasteiger partial charge in [-0.1, -0.05) is 29.8 Å². The highest BCUT2D eigenvalue weighted by Crippen LogP contribution is 2.38. The predicted molar refractivity (Wildman–Crippen MR) is 133 cm³/mol. The van der Waals surface area contributed by atoms with Gasteiger partial charge in [0.2, 0.25) is 0 Å². The first-order valence-electron chi connectivity index (χ1n) is 9.74. The van der Waals surface area contributed by atoms with Gasteiger partial charge >= 0.3 is 0 Å². The number of nitrogens with one attached hydrogen (secondary N) is 2. The second-order valence-electron chi connectivity index (χ2n) is 7.22. The van der Waals surface area contributed by atoms with E-state index < -0.39 is 0 Å². The maximum absolute atomic E-state index is 6.54. The van der Waals surface area contributed by atoms with E-state index in [1.807, 2.05) is 12.1 Å². The van der Waals surface area contributed by atoms with Crippen molar-refractivity contribution in [3.05, 3.63) is 50.4 Å². The van der Waals surface area contributed by atoms with Crippen LogP contribution in [0.4, 0.5) is 0 Å². The summed E-state index contributed by atoms with van der Waals surface area (Å²) < 4.78 is 5.62. The molecule has 0 radical (unpaired) electrons. The number of aromatic nitrogens is 1. The summed E-state index contributed by atoms with van der Waals surface area (Å²) in [6.45, 7) is 7.25. The lowest BCUT2D eigenvalue weighted by Crippen LogP contribution is -2.48. The standard InChI is InChI=1S/C21H29ClN4OS.HI/c1-15-16(2)28-19(26-15)8-11-24-20(23-3)25-14-21(9-12-27-13-10-21)17-6-4-5-7-18(17)22;/h4-7H,8-14H2,1-3H3,(H2,23,24,25);1H. The summed E-state index contributed by atoms with van der Waals surface area (Å²) >= 11 is 8.31. The van der Waals surface area contributed by atoms with Crippen LogP contribution in [0.5, 0.6) is 0 Å². The normalized spacial score (nSPS) is 16.2. The molecule has 5 nitrogen and oxygen atoms in total. The molecule has 0 amide bonds. The van der Waals surface area contributed by atoms with E-state index in [2.05, 4.69) is 46.6 Å². The lowest BCUT2D eigenvalue weighted by atomic mass is 9.74. The van der Waals surface area contributed by atoms with Gasteiger partial charge in [-0.05, 0) is 38.3 Å². The van der Waals surface area contributed by atoms with E-state index in [1.165, 1.54) is 10.4 Å². The van der Waals surface area contributed by atoms with Crippen LogP contribution in [0.3, 0.4) is 0 Å². The number of hydrogen-bond acceptors (Lipinski definition) is 4. The maximum Gasteiger partial charge on any atom is 0.191 e. The van der Waals surface area contributed by atoms with Gasteiger partial charge in [0.15, 0.2) is 5.96 Å². The Kier molecular flexibility index (Phi) is 9.65. The van der Waals surface area contributed by atoms with Gasteiger partial charge in [0, 0.05) is 55.1 Å². The average molecular weight is 549 g/mol. The third-order valence-corrected chi connectivity index (χ3v) is 6.88. The molecule has 29 heavy (non-hydrogen) atoms. The second-order valence-corrected chi connectivity index (χ2v) is 8.92. The zero-order valence-electron chi connectivity index (χ0n) is 17.3. The van der Waals surface area contributed by atoms with Crippen molar-refractivity contribution in [2.45, 2.75) is 38.5 Å². The van der Waals surface area contributed by atoms with Crippen LogP contribution < -0.4 is 10.6 Å². The van der Waals surface area contributed by atoms with Crippen molar-refractivity contribution in [1.82, 2.24) is 15.6 Å². The minimum atomic E-state index is -0.0439. The molecule has 1 fully saturated rings. The zero-order valence-corrected chi connectivity index (χ0v) is 21.2. The molecule has 1 aromatic carbocycles. The number of aliphatic imine (C=N–C) groups is 1. The number of hydrogen-bond donors (Lipinski definition) is 2. The first kappa shape index (κ1) is 24.4. The molecule has 1 aromatic heterocycles. The minimum Gasteiger partial charge on any atom is -0.381 e. The SMILES string of the molecule is CN=C(NCCc1nc(C)c(C)s1)NCC1(c2ccccc2Cl)CCOCC1.I. The Bertz CT molecular complexity index is 801. The lowest BCUT2D eigenvalue weighted by molar-refractivity contribution is 0.0514. The number of guanidine groups is 1. The van der Waals surface area contributed by atoms with Crippen molar-refractivity contribution >= 4 is 52.9 Å². The fourth-order valence-corrected chi connectivity index (χ4v) is 4.87. The van der Waals surface area contributed by atoms with Crippen LogP contribution in [-0.4, -0.2) is 44.3 Å². The van der Waals surface area contributed by atoms with E-state index in [9.17, 15) is 0 Å². The molecule has 2 aromatic rings. The molecule has 3 rings (SSSR count). The van der Waals surface area contributed by atoms with Crippen LogP contribution in [0.1, 0.15) is 34.0 Å². The number of halogens is 2. The Morgan fingerprint density at radius 2 is 1.97 bits per heavy atom. The molecule has 1 aliphatic heterocycles. The summed E-state index contributed by atoms with van der Waals surface area (Å²) in [5, 5.41) is 8.91. The highest BCUT2D eigenvalue weighted by atomic mass is 127. The minimum absolute atomic E-state index is 0. The Hall–Kier alpha value is -0.900. The Labute approximate surface area is 199 Å². The fourth-order valence-electron chi connectivity index (χ4n) is 3.60. The molecular weight excluding hydrogens is 519 g/mol. The molecule has 2 heterocycles. The summed E-state index contributed by atoms with van der Waals surface area (Å²) in [6.07, 6.45) is 2.78. The third-order valence-electron chi connectivity index (χ3n) is 5.42. The smallest absolute Gasteiger partial charge is 0.191 e. The van der Waals surface area contributed by atoms with E-state index in [0.717, 1.165) is 67.2 Å². The van der Waals surface area contributed by atoms with E-state index in [1.54, 1.807) is 18.4 Å². The topological polar surface area (TPSA) is 58.5 Å². The Morgan fingerprint density at radius 1 is 1.24 bits per heavy atom. The van der Waals surface area contributed by atoms with Gasteiger partial charge in [-0.3, -0.25) is 4.99 Å². The monoisotopic (exact) mass is 548 g/mol. The van der Waals surface area contributed by atoms with Crippen LogP contribution in [0.25, 0.3) is 0 Å². The Balaban J connectivity index is 0.00000300. The van der Waals surface area contributed by atoms with Crippen LogP contribution in [0, 0.1) is 13.8 Å². The van der Waals surface area contributed by atoms with Crippen molar-refractivity contribution in [2.24, 2.45) is 4.99 Å². The molecule has 0 aliphatic carbocycles. The van der Waals surface area contributed by atoms with Crippen molar-refractivity contribution < 1.29 is 4.74 Å². The lowest BCUT2D eigenvalue weighted by Gasteiger charge is -2.38.